The molecular weight excluding hydrogens is 463 g/mol. The molecule has 184 valence electrons. The van der Waals surface area contributed by atoms with Gasteiger partial charge in [-0.25, -0.2) is 19.5 Å². The van der Waals surface area contributed by atoms with Gasteiger partial charge in [-0.2, -0.15) is 0 Å². The zero-order valence-electron chi connectivity index (χ0n) is 19.6. The molecule has 0 aliphatic heterocycles. The molecule has 2 fully saturated rings. The van der Waals surface area contributed by atoms with Crippen molar-refractivity contribution in [3.63, 3.8) is 0 Å². The maximum absolute atomic E-state index is 14.9. The molecule has 4 aromatic rings. The minimum Gasteiger partial charge on any atom is -0.495 e. The molecule has 1 aromatic carbocycles. The SMILES string of the molecule is COc1c(-c2nnn[nH]2)ccc(F)c1-c1ccc(N[C@H]2CC[C@H](Nc3ncc(C4CC4)nn3)C2)nc1. The molecule has 3 aromatic heterocycles. The quantitative estimate of drug-likeness (QED) is 0.337. The smallest absolute Gasteiger partial charge is 0.242 e. The summed E-state index contributed by atoms with van der Waals surface area (Å²) < 4.78 is 20.4. The first-order valence-corrected chi connectivity index (χ1v) is 12.0. The van der Waals surface area contributed by atoms with E-state index in [0.717, 1.165) is 30.8 Å². The zero-order chi connectivity index (χ0) is 24.5. The van der Waals surface area contributed by atoms with Gasteiger partial charge in [-0.05, 0) is 66.8 Å². The number of hydrogen-bond donors (Lipinski definition) is 3. The molecule has 3 N–H and O–H groups in total. The number of hydrogen-bond acceptors (Lipinski definition) is 10. The second-order valence-electron chi connectivity index (χ2n) is 9.16. The molecule has 0 unspecified atom stereocenters. The lowest BCUT2D eigenvalue weighted by atomic mass is 10.0. The number of aromatic amines is 1. The number of ether oxygens (including phenoxy) is 1. The fourth-order valence-electron chi connectivity index (χ4n) is 4.68. The van der Waals surface area contributed by atoms with Crippen LogP contribution in [0, 0.1) is 5.82 Å². The summed E-state index contributed by atoms with van der Waals surface area (Å²) in [5.41, 5.74) is 2.44. The van der Waals surface area contributed by atoms with Gasteiger partial charge in [0.25, 0.3) is 0 Å². The maximum atomic E-state index is 14.9. The Balaban J connectivity index is 1.12. The molecule has 6 rings (SSSR count). The first-order chi connectivity index (χ1) is 17.7. The van der Waals surface area contributed by atoms with Crippen LogP contribution < -0.4 is 15.4 Å². The van der Waals surface area contributed by atoms with Crippen LogP contribution in [0.5, 0.6) is 5.75 Å². The van der Waals surface area contributed by atoms with Crippen molar-refractivity contribution in [1.29, 1.82) is 0 Å². The van der Waals surface area contributed by atoms with Crippen LogP contribution >= 0.6 is 0 Å². The van der Waals surface area contributed by atoms with Crippen molar-refractivity contribution in [3.05, 3.63) is 48.2 Å². The van der Waals surface area contributed by atoms with Gasteiger partial charge in [-0.3, -0.25) is 0 Å². The van der Waals surface area contributed by atoms with Crippen LogP contribution in [-0.4, -0.2) is 60.0 Å². The van der Waals surface area contributed by atoms with Crippen molar-refractivity contribution in [3.8, 4) is 28.3 Å². The number of methoxy groups -OCH3 is 1. The third-order valence-electron chi connectivity index (χ3n) is 6.66. The Morgan fingerprint density at radius 1 is 0.944 bits per heavy atom. The van der Waals surface area contributed by atoms with Gasteiger partial charge in [-0.1, -0.05) is 0 Å². The molecule has 0 radical (unpaired) electrons. The Morgan fingerprint density at radius 2 is 1.81 bits per heavy atom. The van der Waals surface area contributed by atoms with Crippen molar-refractivity contribution >= 4 is 11.8 Å². The Hall–Kier alpha value is -4.22. The van der Waals surface area contributed by atoms with Gasteiger partial charge in [0.1, 0.15) is 17.4 Å². The van der Waals surface area contributed by atoms with Crippen molar-refractivity contribution in [2.45, 2.75) is 50.1 Å². The number of aromatic nitrogens is 8. The molecule has 2 saturated carbocycles. The highest BCUT2D eigenvalue weighted by Gasteiger charge is 2.28. The Kier molecular flexibility index (Phi) is 5.84. The van der Waals surface area contributed by atoms with E-state index in [1.807, 2.05) is 18.3 Å². The first kappa shape index (κ1) is 22.3. The third kappa shape index (κ3) is 4.53. The van der Waals surface area contributed by atoms with E-state index in [0.29, 0.717) is 40.1 Å². The van der Waals surface area contributed by atoms with Crippen LogP contribution in [-0.2, 0) is 0 Å². The molecule has 11 nitrogen and oxygen atoms in total. The highest BCUT2D eigenvalue weighted by Crippen LogP contribution is 2.40. The zero-order valence-corrected chi connectivity index (χ0v) is 19.6. The minimum absolute atomic E-state index is 0.257. The van der Waals surface area contributed by atoms with Gasteiger partial charge >= 0.3 is 0 Å². The molecule has 0 bridgehead atoms. The summed E-state index contributed by atoms with van der Waals surface area (Å²) >= 11 is 0. The molecule has 12 heteroatoms. The Morgan fingerprint density at radius 3 is 2.47 bits per heavy atom. The van der Waals surface area contributed by atoms with E-state index in [-0.39, 0.29) is 12.1 Å². The summed E-state index contributed by atoms with van der Waals surface area (Å²) in [5, 5.41) is 29.2. The molecule has 2 atom stereocenters. The van der Waals surface area contributed by atoms with Gasteiger partial charge in [0.15, 0.2) is 5.82 Å². The summed E-state index contributed by atoms with van der Waals surface area (Å²) in [6.07, 6.45) is 8.73. The number of tetrazole rings is 1. The number of H-pyrrole nitrogens is 1. The number of nitrogens with zero attached hydrogens (tertiary/aromatic N) is 7. The molecule has 2 aliphatic carbocycles. The molecule has 3 heterocycles. The second-order valence-corrected chi connectivity index (χ2v) is 9.16. The monoisotopic (exact) mass is 488 g/mol. The highest BCUT2D eigenvalue weighted by molar-refractivity contribution is 5.80. The van der Waals surface area contributed by atoms with Gasteiger partial charge in [0, 0.05) is 29.8 Å². The molecule has 2 aliphatic rings. The van der Waals surface area contributed by atoms with E-state index >= 15 is 0 Å². The molecular formula is C24H25FN10O. The summed E-state index contributed by atoms with van der Waals surface area (Å²) in [6.45, 7) is 0. The molecule has 0 saturated heterocycles. The van der Waals surface area contributed by atoms with Gasteiger partial charge < -0.3 is 15.4 Å². The van der Waals surface area contributed by atoms with E-state index < -0.39 is 5.82 Å². The Labute approximate surface area is 206 Å². The highest BCUT2D eigenvalue weighted by atomic mass is 19.1. The molecule has 0 spiro atoms. The largest absolute Gasteiger partial charge is 0.495 e. The van der Waals surface area contributed by atoms with Crippen molar-refractivity contribution in [2.24, 2.45) is 0 Å². The number of nitrogens with one attached hydrogen (secondary N) is 3. The van der Waals surface area contributed by atoms with E-state index in [1.165, 1.54) is 26.0 Å². The third-order valence-corrected chi connectivity index (χ3v) is 6.66. The Bertz CT molecular complexity index is 1330. The van der Waals surface area contributed by atoms with Crippen LogP contribution in [0.4, 0.5) is 16.2 Å². The molecule has 0 amide bonds. The van der Waals surface area contributed by atoms with Gasteiger partial charge in [0.2, 0.25) is 5.95 Å². The average Bonchev–Trinajstić information content (AvgIpc) is 3.42. The number of benzene rings is 1. The maximum Gasteiger partial charge on any atom is 0.242 e. The normalized spacial score (nSPS) is 19.3. The van der Waals surface area contributed by atoms with E-state index in [2.05, 4.69) is 51.4 Å². The van der Waals surface area contributed by atoms with Crippen LogP contribution in [0.25, 0.3) is 22.5 Å². The van der Waals surface area contributed by atoms with E-state index in [4.69, 9.17) is 4.74 Å². The summed E-state index contributed by atoms with van der Waals surface area (Å²) in [5.74, 6) is 2.16. The summed E-state index contributed by atoms with van der Waals surface area (Å²) in [7, 11) is 1.49. The average molecular weight is 489 g/mol. The van der Waals surface area contributed by atoms with Crippen LogP contribution in [0.15, 0.2) is 36.7 Å². The lowest BCUT2D eigenvalue weighted by Crippen LogP contribution is -2.22. The van der Waals surface area contributed by atoms with Crippen molar-refractivity contribution in [1.82, 2.24) is 40.8 Å². The predicted octanol–water partition coefficient (Wildman–Crippen LogP) is 3.58. The first-order valence-electron chi connectivity index (χ1n) is 12.0. The van der Waals surface area contributed by atoms with Crippen LogP contribution in [0.3, 0.4) is 0 Å². The van der Waals surface area contributed by atoms with Gasteiger partial charge in [0.05, 0.1) is 30.1 Å². The lowest BCUT2D eigenvalue weighted by molar-refractivity contribution is 0.415. The van der Waals surface area contributed by atoms with Crippen molar-refractivity contribution < 1.29 is 9.13 Å². The predicted molar refractivity (Wildman–Crippen MR) is 130 cm³/mol. The van der Waals surface area contributed by atoms with E-state index in [1.54, 1.807) is 12.3 Å². The summed E-state index contributed by atoms with van der Waals surface area (Å²) in [4.78, 5) is 8.96. The molecule has 36 heavy (non-hydrogen) atoms. The van der Waals surface area contributed by atoms with Gasteiger partial charge in [-0.15, -0.1) is 15.3 Å². The van der Waals surface area contributed by atoms with Crippen LogP contribution in [0.2, 0.25) is 0 Å². The van der Waals surface area contributed by atoms with Crippen LogP contribution in [0.1, 0.15) is 43.7 Å². The number of anilines is 2. The van der Waals surface area contributed by atoms with E-state index in [9.17, 15) is 4.39 Å². The number of rotatable bonds is 8. The minimum atomic E-state index is -0.419. The fraction of sp³-hybridized carbons (Fsp3) is 0.375. The fourth-order valence-corrected chi connectivity index (χ4v) is 4.68. The number of pyridine rings is 1. The topological polar surface area (TPSA) is 139 Å². The standard InChI is InChI=1S/C24H25FN10O/c1-36-22-17(23-31-34-35-32-23)7-8-18(25)21(22)14-4-9-20(26-11-14)28-15-5-6-16(10-15)29-24-27-12-19(30-33-24)13-2-3-13/h4,7-9,11-13,15-16H,2-3,5-6,10H2,1H3,(H,26,28)(H,27,29,33)(H,31,32,34,35)/t15-,16-/m0/s1. The second kappa shape index (κ2) is 9.44. The summed E-state index contributed by atoms with van der Waals surface area (Å²) in [6, 6.07) is 7.14. The van der Waals surface area contributed by atoms with Crippen molar-refractivity contribution in [2.75, 3.05) is 17.7 Å². The lowest BCUT2D eigenvalue weighted by Gasteiger charge is -2.16. The number of halogens is 1.